The fourth-order valence-corrected chi connectivity index (χ4v) is 4.11. The van der Waals surface area contributed by atoms with E-state index < -0.39 is 0 Å². The van der Waals surface area contributed by atoms with Crippen LogP contribution in [0.5, 0.6) is 0 Å². The molecule has 0 unspecified atom stereocenters. The van der Waals surface area contributed by atoms with E-state index in [0.717, 1.165) is 11.3 Å². The van der Waals surface area contributed by atoms with Crippen LogP contribution < -0.4 is 10.6 Å². The van der Waals surface area contributed by atoms with E-state index in [0.29, 0.717) is 34.3 Å². The largest absolute Gasteiger partial charge is 0.326 e. The lowest BCUT2D eigenvalue weighted by atomic mass is 10.1. The van der Waals surface area contributed by atoms with Crippen LogP contribution in [0.2, 0.25) is 0 Å². The van der Waals surface area contributed by atoms with Crippen molar-refractivity contribution in [2.75, 3.05) is 16.4 Å². The Morgan fingerprint density at radius 2 is 1.69 bits per heavy atom. The van der Waals surface area contributed by atoms with E-state index in [1.807, 2.05) is 47.9 Å². The Kier molecular flexibility index (Phi) is 7.57. The Morgan fingerprint density at radius 1 is 0.943 bits per heavy atom. The van der Waals surface area contributed by atoms with Crippen molar-refractivity contribution in [1.29, 1.82) is 0 Å². The van der Waals surface area contributed by atoms with Gasteiger partial charge in [0.15, 0.2) is 11.0 Å². The molecule has 2 amide bonds. The first-order chi connectivity index (χ1) is 16.9. The van der Waals surface area contributed by atoms with Crippen molar-refractivity contribution in [3.8, 4) is 17.1 Å². The molecule has 0 radical (unpaired) electrons. The number of carbonyl (C=O) groups is 2. The molecule has 0 fully saturated rings. The molecule has 0 aliphatic heterocycles. The summed E-state index contributed by atoms with van der Waals surface area (Å²) in [5.74, 6) is -0.00466. The Morgan fingerprint density at radius 3 is 2.40 bits per heavy atom. The molecule has 0 aliphatic carbocycles. The number of carbonyl (C=O) groups excluding carboxylic acids is 2. The lowest BCUT2D eigenvalue weighted by Crippen LogP contribution is -2.16. The maximum Gasteiger partial charge on any atom is 0.234 e. The zero-order valence-corrected chi connectivity index (χ0v) is 20.1. The van der Waals surface area contributed by atoms with E-state index in [2.05, 4.69) is 20.8 Å². The normalized spacial score (nSPS) is 10.7. The third-order valence-electron chi connectivity index (χ3n) is 5.20. The van der Waals surface area contributed by atoms with Crippen molar-refractivity contribution >= 4 is 35.0 Å². The van der Waals surface area contributed by atoms with E-state index in [9.17, 15) is 14.0 Å². The highest BCUT2D eigenvalue weighted by Gasteiger charge is 2.18. The molecule has 9 heteroatoms. The Hall–Kier alpha value is -3.98. The fourth-order valence-electron chi connectivity index (χ4n) is 3.36. The predicted octanol–water partition coefficient (Wildman–Crippen LogP) is 5.46. The van der Waals surface area contributed by atoms with Crippen LogP contribution in [0.25, 0.3) is 17.1 Å². The Labute approximate surface area is 206 Å². The third kappa shape index (κ3) is 5.93. The molecule has 0 atom stereocenters. The lowest BCUT2D eigenvalue weighted by Gasteiger charge is -2.12. The molecule has 0 aliphatic rings. The summed E-state index contributed by atoms with van der Waals surface area (Å²) in [6.07, 6.45) is 0.369. The number of halogens is 1. The summed E-state index contributed by atoms with van der Waals surface area (Å²) in [4.78, 5) is 24.5. The number of amides is 2. The topological polar surface area (TPSA) is 88.9 Å². The second-order valence-electron chi connectivity index (χ2n) is 7.75. The highest BCUT2D eigenvalue weighted by atomic mass is 32.2. The predicted molar refractivity (Wildman–Crippen MR) is 136 cm³/mol. The number of rotatable bonds is 8. The minimum Gasteiger partial charge on any atom is -0.326 e. The van der Waals surface area contributed by atoms with Gasteiger partial charge < -0.3 is 10.6 Å². The summed E-state index contributed by atoms with van der Waals surface area (Å²) in [5, 5.41) is 14.8. The molecule has 0 saturated carbocycles. The molecule has 4 aromatic rings. The van der Waals surface area contributed by atoms with Crippen molar-refractivity contribution in [2.24, 2.45) is 0 Å². The molecule has 35 heavy (non-hydrogen) atoms. The summed E-state index contributed by atoms with van der Waals surface area (Å²) < 4.78 is 15.3. The van der Waals surface area contributed by atoms with Crippen LogP contribution in [0.15, 0.2) is 78.0 Å². The van der Waals surface area contributed by atoms with Gasteiger partial charge in [-0.25, -0.2) is 4.39 Å². The van der Waals surface area contributed by atoms with Gasteiger partial charge >= 0.3 is 0 Å². The summed E-state index contributed by atoms with van der Waals surface area (Å²) >= 11 is 1.25. The van der Waals surface area contributed by atoms with Gasteiger partial charge in [0.25, 0.3) is 0 Å². The number of nitrogens with zero attached hydrogens (tertiary/aromatic N) is 3. The van der Waals surface area contributed by atoms with Gasteiger partial charge in [-0.05, 0) is 61.0 Å². The molecular weight excluding hydrogens is 465 g/mol. The van der Waals surface area contributed by atoms with Crippen LogP contribution in [-0.4, -0.2) is 32.3 Å². The van der Waals surface area contributed by atoms with Gasteiger partial charge in [0.1, 0.15) is 5.82 Å². The molecule has 0 saturated heterocycles. The summed E-state index contributed by atoms with van der Waals surface area (Å²) in [6, 6.07) is 21.0. The molecule has 2 N–H and O–H groups in total. The summed E-state index contributed by atoms with van der Waals surface area (Å²) in [5.41, 5.74) is 3.67. The van der Waals surface area contributed by atoms with Crippen molar-refractivity contribution < 1.29 is 14.0 Å². The average molecular weight is 490 g/mol. The number of aromatic nitrogens is 3. The number of benzene rings is 3. The monoisotopic (exact) mass is 489 g/mol. The molecule has 1 aromatic heterocycles. The fraction of sp³-hybridized carbons (Fsp3) is 0.154. The zero-order chi connectivity index (χ0) is 24.8. The van der Waals surface area contributed by atoms with Gasteiger partial charge in [-0.3, -0.25) is 14.2 Å². The molecule has 1 heterocycles. The Bertz CT molecular complexity index is 1340. The van der Waals surface area contributed by atoms with Crippen LogP contribution in [0, 0.1) is 12.7 Å². The standard InChI is InChI=1S/C26H24FN5O2S/c1-3-23(33)28-20-14-9-17(2)22(15-20)29-24(34)16-35-26-31-30-25(18-10-12-19(27)13-11-18)32(26)21-7-5-4-6-8-21/h4-15H,3,16H2,1-2H3,(H,28,33)(H,29,34). The lowest BCUT2D eigenvalue weighted by molar-refractivity contribution is -0.116. The van der Waals surface area contributed by atoms with Crippen molar-refractivity contribution in [2.45, 2.75) is 25.4 Å². The van der Waals surface area contributed by atoms with Crippen LogP contribution in [0.4, 0.5) is 15.8 Å². The molecule has 0 spiro atoms. The van der Waals surface area contributed by atoms with E-state index in [-0.39, 0.29) is 23.4 Å². The zero-order valence-electron chi connectivity index (χ0n) is 19.3. The summed E-state index contributed by atoms with van der Waals surface area (Å²) in [6.45, 7) is 3.66. The van der Waals surface area contributed by atoms with Gasteiger partial charge in [-0.15, -0.1) is 10.2 Å². The van der Waals surface area contributed by atoms with Gasteiger partial charge in [0.2, 0.25) is 11.8 Å². The van der Waals surface area contributed by atoms with Gasteiger partial charge in [-0.1, -0.05) is 43.0 Å². The first-order valence-corrected chi connectivity index (χ1v) is 12.0. The smallest absolute Gasteiger partial charge is 0.234 e. The van der Waals surface area contributed by atoms with Crippen LogP contribution >= 0.6 is 11.8 Å². The van der Waals surface area contributed by atoms with Crippen LogP contribution in [0.1, 0.15) is 18.9 Å². The average Bonchev–Trinajstić information content (AvgIpc) is 3.29. The number of anilines is 2. The van der Waals surface area contributed by atoms with Crippen molar-refractivity contribution in [1.82, 2.24) is 14.8 Å². The number of hydrogen-bond donors (Lipinski definition) is 2. The van der Waals surface area contributed by atoms with Gasteiger partial charge in [-0.2, -0.15) is 0 Å². The SMILES string of the molecule is CCC(=O)Nc1ccc(C)c(NC(=O)CSc2nnc(-c3ccc(F)cc3)n2-c2ccccc2)c1. The maximum absolute atomic E-state index is 13.4. The van der Waals surface area contributed by atoms with Gasteiger partial charge in [0, 0.05) is 29.0 Å². The minimum absolute atomic E-state index is 0.0966. The second-order valence-corrected chi connectivity index (χ2v) is 8.69. The first kappa shape index (κ1) is 24.2. The number of thioether (sulfide) groups is 1. The molecule has 7 nitrogen and oxygen atoms in total. The van der Waals surface area contributed by atoms with Crippen molar-refractivity contribution in [3.63, 3.8) is 0 Å². The number of hydrogen-bond acceptors (Lipinski definition) is 5. The molecule has 3 aromatic carbocycles. The number of nitrogens with one attached hydrogen (secondary N) is 2. The first-order valence-electron chi connectivity index (χ1n) is 11.0. The second kappa shape index (κ2) is 11.0. The minimum atomic E-state index is -0.334. The van der Waals surface area contributed by atoms with Crippen LogP contribution in [-0.2, 0) is 9.59 Å². The quantitative estimate of drug-likeness (QED) is 0.321. The van der Waals surface area contributed by atoms with Crippen LogP contribution in [0.3, 0.4) is 0 Å². The van der Waals surface area contributed by atoms with E-state index in [4.69, 9.17) is 0 Å². The molecule has 4 rings (SSSR count). The number of aryl methyl sites for hydroxylation is 1. The molecule has 0 bridgehead atoms. The van der Waals surface area contributed by atoms with E-state index in [1.165, 1.54) is 23.9 Å². The molecular formula is C26H24FN5O2S. The highest BCUT2D eigenvalue weighted by molar-refractivity contribution is 7.99. The molecule has 178 valence electrons. The maximum atomic E-state index is 13.4. The Balaban J connectivity index is 1.53. The highest BCUT2D eigenvalue weighted by Crippen LogP contribution is 2.28. The van der Waals surface area contributed by atoms with E-state index >= 15 is 0 Å². The third-order valence-corrected chi connectivity index (χ3v) is 6.13. The number of para-hydroxylation sites is 1. The summed E-state index contributed by atoms with van der Waals surface area (Å²) in [7, 11) is 0. The van der Waals surface area contributed by atoms with Crippen molar-refractivity contribution in [3.05, 3.63) is 84.2 Å². The van der Waals surface area contributed by atoms with Gasteiger partial charge in [0.05, 0.1) is 5.75 Å². The van der Waals surface area contributed by atoms with E-state index in [1.54, 1.807) is 31.2 Å².